The minimum Gasteiger partial charge on any atom is -0.348 e. The molecule has 1 aliphatic rings. The van der Waals surface area contributed by atoms with Gasteiger partial charge in [-0.05, 0) is 56.1 Å². The van der Waals surface area contributed by atoms with Gasteiger partial charge in [0.25, 0.3) is 0 Å². The molecular formula is C16H25N7OS. The van der Waals surface area contributed by atoms with Crippen LogP contribution in [-0.2, 0) is 24.4 Å². The maximum atomic E-state index is 12.2. The van der Waals surface area contributed by atoms with Gasteiger partial charge >= 0.3 is 0 Å². The number of thiazole rings is 1. The fourth-order valence-electron chi connectivity index (χ4n) is 2.86. The van der Waals surface area contributed by atoms with Crippen molar-refractivity contribution >= 4 is 17.2 Å². The number of carbonyl (C=O) groups excluding carboxylic acids is 1. The lowest BCUT2D eigenvalue weighted by Gasteiger charge is -2.29. The van der Waals surface area contributed by atoms with E-state index in [0.29, 0.717) is 13.1 Å². The van der Waals surface area contributed by atoms with Crippen LogP contribution in [0, 0.1) is 19.8 Å². The second kappa shape index (κ2) is 8.01. The lowest BCUT2D eigenvalue weighted by atomic mass is 9.99. The monoisotopic (exact) mass is 363 g/mol. The summed E-state index contributed by atoms with van der Waals surface area (Å²) in [6.45, 7) is 9.69. The molecule has 0 unspecified atom stereocenters. The molecule has 0 saturated carbocycles. The molecule has 0 radical (unpaired) electrons. The summed E-state index contributed by atoms with van der Waals surface area (Å²) in [6.07, 6.45) is 2.41. The molecule has 2 aromatic heterocycles. The lowest BCUT2D eigenvalue weighted by Crippen LogP contribution is -2.34. The summed E-state index contributed by atoms with van der Waals surface area (Å²) in [7, 11) is 0. The molecule has 1 amide bonds. The van der Waals surface area contributed by atoms with Crippen LogP contribution < -0.4 is 5.32 Å². The van der Waals surface area contributed by atoms with Gasteiger partial charge < -0.3 is 5.32 Å². The molecule has 2 aromatic rings. The minimum atomic E-state index is -0.105. The Bertz CT molecular complexity index is 698. The first-order valence-corrected chi connectivity index (χ1v) is 9.50. The van der Waals surface area contributed by atoms with Crippen LogP contribution in [0.15, 0.2) is 0 Å². The summed E-state index contributed by atoms with van der Waals surface area (Å²) < 4.78 is 1.59. The largest absolute Gasteiger partial charge is 0.348 e. The first-order valence-electron chi connectivity index (χ1n) is 8.68. The summed E-state index contributed by atoms with van der Waals surface area (Å²) in [5.41, 5.74) is 1.02. The predicted molar refractivity (Wildman–Crippen MR) is 94.9 cm³/mol. The first-order chi connectivity index (χ1) is 12.0. The molecule has 0 aliphatic carbocycles. The van der Waals surface area contributed by atoms with Crippen molar-refractivity contribution in [1.82, 2.24) is 35.4 Å². The number of likely N-dealkylation sites (tertiary alicyclic amines) is 1. The average Bonchev–Trinajstić information content (AvgIpc) is 3.14. The molecule has 1 aliphatic heterocycles. The van der Waals surface area contributed by atoms with Gasteiger partial charge in [-0.3, -0.25) is 9.69 Å². The average molecular weight is 363 g/mol. The molecule has 9 heteroatoms. The Hall–Kier alpha value is -1.87. The number of aromatic nitrogens is 5. The van der Waals surface area contributed by atoms with Crippen LogP contribution >= 0.6 is 11.3 Å². The zero-order chi connectivity index (χ0) is 17.8. The van der Waals surface area contributed by atoms with Crippen LogP contribution in [0.1, 0.15) is 41.2 Å². The van der Waals surface area contributed by atoms with E-state index < -0.39 is 0 Å². The third-order valence-electron chi connectivity index (χ3n) is 4.65. The molecule has 0 spiro atoms. The molecular weight excluding hydrogens is 338 g/mol. The van der Waals surface area contributed by atoms with E-state index in [0.717, 1.165) is 35.5 Å². The number of hydrogen-bond acceptors (Lipinski definition) is 7. The Kier molecular flexibility index (Phi) is 5.74. The standard InChI is InChI=1S/C16H25N7OS/c1-11-4-6-22(7-5-11)9-14-19-20-21-23(14)10-15(24)17-8-16-18-12(2)13(3)25-16/h11H,4-10H2,1-3H3,(H,17,24). The van der Waals surface area contributed by atoms with Crippen molar-refractivity contribution in [2.45, 2.75) is 53.2 Å². The van der Waals surface area contributed by atoms with Gasteiger partial charge in [0.1, 0.15) is 11.6 Å². The van der Waals surface area contributed by atoms with Crippen molar-refractivity contribution in [3.8, 4) is 0 Å². The van der Waals surface area contributed by atoms with Crippen LogP contribution in [0.5, 0.6) is 0 Å². The van der Waals surface area contributed by atoms with Gasteiger partial charge in [-0.25, -0.2) is 9.67 Å². The topological polar surface area (TPSA) is 88.8 Å². The second-order valence-electron chi connectivity index (χ2n) is 6.74. The molecule has 0 aromatic carbocycles. The molecule has 1 fully saturated rings. The van der Waals surface area contributed by atoms with Crippen LogP contribution in [0.4, 0.5) is 0 Å². The number of hydrogen-bond donors (Lipinski definition) is 1. The van der Waals surface area contributed by atoms with Gasteiger partial charge in [-0.15, -0.1) is 16.4 Å². The van der Waals surface area contributed by atoms with E-state index in [4.69, 9.17) is 0 Å². The van der Waals surface area contributed by atoms with Crippen LogP contribution in [0.3, 0.4) is 0 Å². The molecule has 136 valence electrons. The summed E-state index contributed by atoms with van der Waals surface area (Å²) >= 11 is 1.61. The third kappa shape index (κ3) is 4.82. The summed E-state index contributed by atoms with van der Waals surface area (Å²) in [5.74, 6) is 1.42. The lowest BCUT2D eigenvalue weighted by molar-refractivity contribution is -0.122. The quantitative estimate of drug-likeness (QED) is 0.832. The Morgan fingerprint density at radius 1 is 1.32 bits per heavy atom. The molecule has 1 saturated heterocycles. The number of nitrogens with one attached hydrogen (secondary N) is 1. The van der Waals surface area contributed by atoms with E-state index >= 15 is 0 Å². The number of rotatable bonds is 6. The molecule has 1 N–H and O–H groups in total. The Morgan fingerprint density at radius 2 is 2.08 bits per heavy atom. The van der Waals surface area contributed by atoms with Gasteiger partial charge in [-0.1, -0.05) is 6.92 Å². The molecule has 0 bridgehead atoms. The highest BCUT2D eigenvalue weighted by atomic mass is 32.1. The van der Waals surface area contributed by atoms with E-state index in [1.54, 1.807) is 16.0 Å². The van der Waals surface area contributed by atoms with Crippen LogP contribution in [0.2, 0.25) is 0 Å². The number of tetrazole rings is 1. The van der Waals surface area contributed by atoms with Crippen LogP contribution in [0.25, 0.3) is 0 Å². The highest BCUT2D eigenvalue weighted by molar-refractivity contribution is 7.11. The predicted octanol–water partition coefficient (Wildman–Crippen LogP) is 1.29. The van der Waals surface area contributed by atoms with Crippen molar-refractivity contribution in [2.75, 3.05) is 13.1 Å². The normalized spacial score (nSPS) is 16.3. The van der Waals surface area contributed by atoms with E-state index in [-0.39, 0.29) is 12.5 Å². The zero-order valence-corrected chi connectivity index (χ0v) is 15.8. The first kappa shape index (κ1) is 17.9. The SMILES string of the molecule is Cc1nc(CNC(=O)Cn2nnnc2CN2CCC(C)CC2)sc1C. The minimum absolute atomic E-state index is 0.105. The van der Waals surface area contributed by atoms with Crippen molar-refractivity contribution < 1.29 is 4.79 Å². The van der Waals surface area contributed by atoms with Gasteiger partial charge in [0, 0.05) is 4.88 Å². The number of piperidine rings is 1. The summed E-state index contributed by atoms with van der Waals surface area (Å²) in [5, 5.41) is 15.6. The maximum Gasteiger partial charge on any atom is 0.242 e. The van der Waals surface area contributed by atoms with Crippen molar-refractivity contribution in [1.29, 1.82) is 0 Å². The van der Waals surface area contributed by atoms with E-state index in [9.17, 15) is 4.79 Å². The van der Waals surface area contributed by atoms with Gasteiger partial charge in [0.15, 0.2) is 5.82 Å². The smallest absolute Gasteiger partial charge is 0.242 e. The zero-order valence-electron chi connectivity index (χ0n) is 15.0. The summed E-state index contributed by atoms with van der Waals surface area (Å²) in [4.78, 5) is 20.2. The van der Waals surface area contributed by atoms with Gasteiger partial charge in [0.05, 0.1) is 18.8 Å². The van der Waals surface area contributed by atoms with Crippen molar-refractivity contribution in [2.24, 2.45) is 5.92 Å². The Balaban J connectivity index is 1.51. The van der Waals surface area contributed by atoms with E-state index in [1.807, 2.05) is 13.8 Å². The molecule has 3 rings (SSSR count). The van der Waals surface area contributed by atoms with Gasteiger partial charge in [0.2, 0.25) is 5.91 Å². The molecule has 8 nitrogen and oxygen atoms in total. The fourth-order valence-corrected chi connectivity index (χ4v) is 3.73. The molecule has 0 atom stereocenters. The fraction of sp³-hybridized carbons (Fsp3) is 0.688. The molecule has 25 heavy (non-hydrogen) atoms. The van der Waals surface area contributed by atoms with Crippen LogP contribution in [-0.4, -0.2) is 49.1 Å². The van der Waals surface area contributed by atoms with Crippen molar-refractivity contribution in [3.63, 3.8) is 0 Å². The molecule has 3 heterocycles. The number of carbonyl (C=O) groups is 1. The second-order valence-corrected chi connectivity index (χ2v) is 8.03. The highest BCUT2D eigenvalue weighted by Crippen LogP contribution is 2.17. The number of amides is 1. The Morgan fingerprint density at radius 3 is 2.76 bits per heavy atom. The highest BCUT2D eigenvalue weighted by Gasteiger charge is 2.19. The summed E-state index contributed by atoms with van der Waals surface area (Å²) in [6, 6.07) is 0. The van der Waals surface area contributed by atoms with E-state index in [1.165, 1.54) is 17.7 Å². The number of nitrogens with zero attached hydrogens (tertiary/aromatic N) is 6. The third-order valence-corrected chi connectivity index (χ3v) is 5.72. The van der Waals surface area contributed by atoms with Crippen molar-refractivity contribution in [3.05, 3.63) is 21.4 Å². The van der Waals surface area contributed by atoms with Gasteiger partial charge in [-0.2, -0.15) is 0 Å². The van der Waals surface area contributed by atoms with E-state index in [2.05, 4.69) is 37.6 Å². The number of aryl methyl sites for hydroxylation is 2. The maximum absolute atomic E-state index is 12.2. The Labute approximate surface area is 151 Å².